The third kappa shape index (κ3) is 28.6. The molecule has 0 spiro atoms. The van der Waals surface area contributed by atoms with Crippen LogP contribution in [0.2, 0.25) is 0 Å². The van der Waals surface area contributed by atoms with Crippen LogP contribution in [0.4, 0.5) is 0 Å². The minimum absolute atomic E-state index is 0.168. The molecule has 0 aliphatic heterocycles. The van der Waals surface area contributed by atoms with Gasteiger partial charge in [0.05, 0.1) is 55.7 Å². The average Bonchev–Trinajstić information content (AvgIpc) is 3.20. The number of carbonyl (C=O) groups excluding carboxylic acids is 4. The van der Waals surface area contributed by atoms with Gasteiger partial charge in [-0.05, 0) is 108 Å². The van der Waals surface area contributed by atoms with E-state index in [-0.39, 0.29) is 49.8 Å². The van der Waals surface area contributed by atoms with Gasteiger partial charge in [0.1, 0.15) is 12.3 Å². The molecule has 60 heavy (non-hydrogen) atoms. The van der Waals surface area contributed by atoms with Gasteiger partial charge >= 0.3 is 23.9 Å². The van der Waals surface area contributed by atoms with Crippen molar-refractivity contribution >= 4 is 102 Å². The van der Waals surface area contributed by atoms with Crippen molar-refractivity contribution in [2.75, 3.05) is 43.7 Å². The molecule has 15 heteroatoms. The zero-order chi connectivity index (χ0) is 45.3. The van der Waals surface area contributed by atoms with E-state index in [9.17, 15) is 24.4 Å². The van der Waals surface area contributed by atoms with E-state index < -0.39 is 40.4 Å². The summed E-state index contributed by atoms with van der Waals surface area (Å²) in [6, 6.07) is 2.29. The molecule has 0 radical (unpaired) electrons. The van der Waals surface area contributed by atoms with Crippen molar-refractivity contribution < 1.29 is 38.1 Å². The Balaban J connectivity index is 5.40. The lowest BCUT2D eigenvalue weighted by molar-refractivity contribution is -0.156. The first kappa shape index (κ1) is 58.9. The maximum absolute atomic E-state index is 13.6. The molecular weight excluding hydrogens is 875 g/mol. The summed E-state index contributed by atoms with van der Waals surface area (Å²) in [6.45, 7) is 19.1. The van der Waals surface area contributed by atoms with Gasteiger partial charge in [-0.2, -0.15) is 5.26 Å². The number of nitrogens with zero attached hydrogens (tertiary/aromatic N) is 1. The quantitative estimate of drug-likeness (QED) is 0.0262. The first-order valence-corrected chi connectivity index (χ1v) is 26.9. The van der Waals surface area contributed by atoms with Crippen LogP contribution in [-0.4, -0.2) is 79.9 Å². The molecule has 9 nitrogen and oxygen atoms in total. The minimum atomic E-state index is -0.802. The van der Waals surface area contributed by atoms with Gasteiger partial charge in [0.25, 0.3) is 0 Å². The first-order chi connectivity index (χ1) is 28.6. The minimum Gasteiger partial charge on any atom is -0.465 e. The van der Waals surface area contributed by atoms with E-state index in [1.807, 2.05) is 13.8 Å². The van der Waals surface area contributed by atoms with Crippen molar-refractivity contribution in [3.63, 3.8) is 0 Å². The van der Waals surface area contributed by atoms with Crippen molar-refractivity contribution in [1.82, 2.24) is 0 Å². The van der Waals surface area contributed by atoms with Gasteiger partial charge in [-0.15, -0.1) is 35.3 Å². The number of esters is 4. The SMILES string of the molecule is CCCCOC(=O)C(CC(CC(C)(C)C#N)C(=O)OCCCCCCOC(=O)C(CC(C)C)C(C)C(CSC(=S)SCCCC)C(=O)OCCCC)SC(=S)SCCCC. The number of thioether (sulfide) groups is 4. The predicted octanol–water partition coefficient (Wildman–Crippen LogP) is 12.7. The van der Waals surface area contributed by atoms with Crippen LogP contribution in [0.25, 0.3) is 0 Å². The van der Waals surface area contributed by atoms with Crippen LogP contribution >= 0.6 is 71.5 Å². The summed E-state index contributed by atoms with van der Waals surface area (Å²) in [5, 5.41) is 9.12. The van der Waals surface area contributed by atoms with Crippen LogP contribution in [0, 0.1) is 46.3 Å². The van der Waals surface area contributed by atoms with Gasteiger partial charge in [-0.1, -0.05) is 110 Å². The van der Waals surface area contributed by atoms with Crippen LogP contribution in [-0.2, 0) is 38.1 Å². The molecule has 0 rings (SSSR count). The molecule has 0 bridgehead atoms. The maximum Gasteiger partial charge on any atom is 0.319 e. The lowest BCUT2D eigenvalue weighted by Crippen LogP contribution is -2.36. The van der Waals surface area contributed by atoms with Gasteiger partial charge in [-0.25, -0.2) is 0 Å². The Morgan fingerprint density at radius 2 is 1.07 bits per heavy atom. The molecule has 0 fully saturated rings. The molecule has 0 saturated heterocycles. The predicted molar refractivity (Wildman–Crippen MR) is 264 cm³/mol. The monoisotopic (exact) mass is 951 g/mol. The molecule has 0 heterocycles. The lowest BCUT2D eigenvalue weighted by Gasteiger charge is -2.29. The zero-order valence-electron chi connectivity index (χ0n) is 38.2. The zero-order valence-corrected chi connectivity index (χ0v) is 43.1. The number of ether oxygens (including phenoxy) is 4. The Morgan fingerprint density at radius 3 is 1.57 bits per heavy atom. The highest BCUT2D eigenvalue weighted by Crippen LogP contribution is 2.35. The van der Waals surface area contributed by atoms with Crippen molar-refractivity contribution in [3.05, 3.63) is 0 Å². The first-order valence-electron chi connectivity index (χ1n) is 22.3. The van der Waals surface area contributed by atoms with E-state index in [0.717, 1.165) is 79.2 Å². The fourth-order valence-corrected chi connectivity index (χ4v) is 11.4. The number of hydrogen-bond donors (Lipinski definition) is 0. The van der Waals surface area contributed by atoms with Crippen LogP contribution in [0.5, 0.6) is 0 Å². The van der Waals surface area contributed by atoms with E-state index in [4.69, 9.17) is 43.4 Å². The molecule has 0 aliphatic carbocycles. The standard InChI is InChI=1S/C45H77NO8S6/c1-10-14-22-52-41(49)37(31-59-43(55)57-26-16-12-3)34(7)36(28-33(5)6)40(48)53-25-21-19-18-20-24-51-39(47)35(30-45(8,9)32-46)29-38(42(50)54-23-15-11-2)60-44(56)58-27-17-13-4/h33-38H,10-31H2,1-9H3. The van der Waals surface area contributed by atoms with Crippen molar-refractivity contribution in [2.24, 2.45) is 35.0 Å². The normalized spacial score (nSPS) is 14.0. The summed E-state index contributed by atoms with van der Waals surface area (Å²) >= 11 is 17.1. The number of rotatable bonds is 34. The summed E-state index contributed by atoms with van der Waals surface area (Å²) in [7, 11) is 0. The molecule has 0 aromatic rings. The van der Waals surface area contributed by atoms with Crippen molar-refractivity contribution in [2.45, 2.75) is 164 Å². The summed E-state index contributed by atoms with van der Waals surface area (Å²) in [5.74, 6) is -0.821. The molecule has 0 saturated carbocycles. The number of carbonyl (C=O) groups is 4. The second kappa shape index (κ2) is 36.3. The molecule has 0 aromatic carbocycles. The second-order valence-corrected chi connectivity index (χ2v) is 23.3. The smallest absolute Gasteiger partial charge is 0.319 e. The summed E-state index contributed by atoms with van der Waals surface area (Å²) < 4.78 is 24.3. The number of nitriles is 1. The number of hydrogen-bond acceptors (Lipinski definition) is 15. The Hall–Kier alpha value is -1.05. The summed E-state index contributed by atoms with van der Waals surface area (Å²) in [4.78, 5) is 53.7. The van der Waals surface area contributed by atoms with E-state index in [2.05, 4.69) is 40.7 Å². The Kier molecular flexibility index (Phi) is 35.7. The van der Waals surface area contributed by atoms with Gasteiger partial charge < -0.3 is 18.9 Å². The molecule has 0 N–H and O–H groups in total. The van der Waals surface area contributed by atoms with Crippen LogP contribution in [0.1, 0.15) is 159 Å². The Labute approximate surface area is 391 Å². The molecule has 346 valence electrons. The van der Waals surface area contributed by atoms with Gasteiger partial charge in [-0.3, -0.25) is 19.2 Å². The fourth-order valence-electron chi connectivity index (χ4n) is 6.04. The van der Waals surface area contributed by atoms with E-state index in [0.29, 0.717) is 41.8 Å². The fraction of sp³-hybridized carbons (Fsp3) is 0.844. The number of unbranched alkanes of at least 4 members (excludes halogenated alkanes) is 7. The number of thiocarbonyl (C=S) groups is 2. The van der Waals surface area contributed by atoms with Gasteiger partial charge in [0.15, 0.2) is 0 Å². The molecule has 0 aliphatic rings. The van der Waals surface area contributed by atoms with Crippen molar-refractivity contribution in [3.8, 4) is 6.07 Å². The average molecular weight is 953 g/mol. The highest BCUT2D eigenvalue weighted by atomic mass is 32.2. The topological polar surface area (TPSA) is 129 Å². The molecule has 0 aromatic heterocycles. The maximum atomic E-state index is 13.6. The third-order valence-corrected chi connectivity index (χ3v) is 15.6. The van der Waals surface area contributed by atoms with Gasteiger partial charge in [0, 0.05) is 5.75 Å². The van der Waals surface area contributed by atoms with Crippen LogP contribution < -0.4 is 0 Å². The summed E-state index contributed by atoms with van der Waals surface area (Å²) in [6.07, 6.45) is 11.4. The van der Waals surface area contributed by atoms with E-state index in [1.165, 1.54) is 35.3 Å². The molecular formula is C45H77NO8S6. The highest BCUT2D eigenvalue weighted by molar-refractivity contribution is 8.47. The highest BCUT2D eigenvalue weighted by Gasteiger charge is 2.38. The molecule has 0 amide bonds. The van der Waals surface area contributed by atoms with Gasteiger partial charge in [0.2, 0.25) is 0 Å². The molecule has 5 atom stereocenters. The van der Waals surface area contributed by atoms with Crippen LogP contribution in [0.3, 0.4) is 0 Å². The van der Waals surface area contributed by atoms with E-state index >= 15 is 0 Å². The van der Waals surface area contributed by atoms with Crippen molar-refractivity contribution in [1.29, 1.82) is 5.26 Å². The van der Waals surface area contributed by atoms with E-state index in [1.54, 1.807) is 25.6 Å². The molecule has 5 unspecified atom stereocenters. The lowest BCUT2D eigenvalue weighted by atomic mass is 9.79. The Bertz CT molecular complexity index is 1290. The summed E-state index contributed by atoms with van der Waals surface area (Å²) in [5.41, 5.74) is -0.802. The second-order valence-electron chi connectivity index (χ2n) is 16.4. The largest absolute Gasteiger partial charge is 0.465 e. The Morgan fingerprint density at radius 1 is 0.600 bits per heavy atom. The van der Waals surface area contributed by atoms with Crippen LogP contribution in [0.15, 0.2) is 0 Å². The third-order valence-electron chi connectivity index (χ3n) is 9.82.